The molecule has 1 rings (SSSR count). The second kappa shape index (κ2) is 5.60. The highest BCUT2D eigenvalue weighted by atomic mass is 16.5. The van der Waals surface area contributed by atoms with Crippen molar-refractivity contribution in [3.63, 3.8) is 0 Å². The first-order valence-electron chi connectivity index (χ1n) is 5.79. The smallest absolute Gasteiger partial charge is 0.251 e. The number of nitrogens with one attached hydrogen (secondary N) is 1. The number of benzene rings is 1. The van der Waals surface area contributed by atoms with Crippen LogP contribution in [0.5, 0.6) is 5.75 Å². The van der Waals surface area contributed by atoms with E-state index < -0.39 is 11.4 Å². The number of amides is 2. The Morgan fingerprint density at radius 2 is 2.00 bits per heavy atom. The average Bonchev–Trinajstić information content (AvgIpc) is 2.26. The first-order valence-corrected chi connectivity index (χ1v) is 5.79. The maximum absolute atomic E-state index is 12.0. The highest BCUT2D eigenvalue weighted by molar-refractivity contribution is 5.96. The minimum Gasteiger partial charge on any atom is -0.495 e. The molecule has 0 unspecified atom stereocenters. The van der Waals surface area contributed by atoms with Gasteiger partial charge in [0.1, 0.15) is 5.75 Å². The van der Waals surface area contributed by atoms with E-state index in [1.807, 2.05) is 0 Å². The third-order valence-electron chi connectivity index (χ3n) is 2.56. The maximum atomic E-state index is 12.0. The van der Waals surface area contributed by atoms with Gasteiger partial charge in [-0.1, -0.05) is 0 Å². The molecule has 0 aliphatic heterocycles. The summed E-state index contributed by atoms with van der Waals surface area (Å²) in [6.07, 6.45) is 0.0599. The second-order valence-electron chi connectivity index (χ2n) is 4.94. The van der Waals surface area contributed by atoms with E-state index in [2.05, 4.69) is 5.32 Å². The normalized spacial score (nSPS) is 10.9. The molecule has 1 aromatic rings. The molecule has 0 fully saturated rings. The Kier molecular flexibility index (Phi) is 4.37. The summed E-state index contributed by atoms with van der Waals surface area (Å²) >= 11 is 0. The average molecular weight is 265 g/mol. The van der Waals surface area contributed by atoms with Gasteiger partial charge in [0.2, 0.25) is 5.91 Å². The van der Waals surface area contributed by atoms with E-state index >= 15 is 0 Å². The molecule has 2 amide bonds. The van der Waals surface area contributed by atoms with Gasteiger partial charge in [0.15, 0.2) is 0 Å². The largest absolute Gasteiger partial charge is 0.495 e. The van der Waals surface area contributed by atoms with Gasteiger partial charge in [-0.15, -0.1) is 0 Å². The lowest BCUT2D eigenvalue weighted by molar-refractivity contribution is -0.119. The minimum absolute atomic E-state index is 0.0599. The van der Waals surface area contributed by atoms with Crippen LogP contribution in [0.4, 0.5) is 5.69 Å². The molecule has 0 atom stereocenters. The summed E-state index contributed by atoms with van der Waals surface area (Å²) in [6.45, 7) is 3.45. The zero-order valence-corrected chi connectivity index (χ0v) is 11.3. The van der Waals surface area contributed by atoms with E-state index in [0.717, 1.165) is 0 Å². The lowest BCUT2D eigenvalue weighted by Crippen LogP contribution is -2.46. The zero-order chi connectivity index (χ0) is 14.6. The van der Waals surface area contributed by atoms with E-state index in [4.69, 9.17) is 16.2 Å². The predicted molar refractivity (Wildman–Crippen MR) is 72.8 cm³/mol. The summed E-state index contributed by atoms with van der Waals surface area (Å²) < 4.78 is 5.02. The van der Waals surface area contributed by atoms with Crippen LogP contribution >= 0.6 is 0 Å². The van der Waals surface area contributed by atoms with Crippen molar-refractivity contribution >= 4 is 17.5 Å². The molecule has 0 spiro atoms. The van der Waals surface area contributed by atoms with Gasteiger partial charge >= 0.3 is 0 Å². The maximum Gasteiger partial charge on any atom is 0.251 e. The fourth-order valence-corrected chi connectivity index (χ4v) is 1.73. The molecule has 19 heavy (non-hydrogen) atoms. The second-order valence-corrected chi connectivity index (χ2v) is 4.94. The standard InChI is InChI=1S/C13H19N3O3/c1-13(2,7-11(15)17)16-12(18)8-4-5-10(19-3)9(14)6-8/h4-6H,7,14H2,1-3H3,(H2,15,17)(H,16,18). The van der Waals surface area contributed by atoms with Gasteiger partial charge in [-0.05, 0) is 32.0 Å². The van der Waals surface area contributed by atoms with E-state index in [1.54, 1.807) is 26.0 Å². The van der Waals surface area contributed by atoms with E-state index in [1.165, 1.54) is 13.2 Å². The van der Waals surface area contributed by atoms with E-state index in [9.17, 15) is 9.59 Å². The van der Waals surface area contributed by atoms with E-state index in [0.29, 0.717) is 17.0 Å². The Morgan fingerprint density at radius 3 is 2.47 bits per heavy atom. The number of carbonyl (C=O) groups is 2. The van der Waals surface area contributed by atoms with Crippen molar-refractivity contribution in [1.82, 2.24) is 5.32 Å². The third kappa shape index (κ3) is 4.17. The van der Waals surface area contributed by atoms with Crippen molar-refractivity contribution in [1.29, 1.82) is 0 Å². The molecule has 0 heterocycles. The number of ether oxygens (including phenoxy) is 1. The summed E-state index contributed by atoms with van der Waals surface area (Å²) in [5, 5.41) is 2.73. The van der Waals surface area contributed by atoms with Gasteiger partial charge in [-0.2, -0.15) is 0 Å². The van der Waals surface area contributed by atoms with Crippen LogP contribution in [0.3, 0.4) is 0 Å². The molecule has 0 aromatic heterocycles. The molecule has 6 nitrogen and oxygen atoms in total. The molecule has 104 valence electrons. The Hall–Kier alpha value is -2.24. The minimum atomic E-state index is -0.711. The van der Waals surface area contributed by atoms with Crippen LogP contribution in [0.15, 0.2) is 18.2 Å². The number of primary amides is 1. The summed E-state index contributed by atoms with van der Waals surface area (Å²) in [7, 11) is 1.50. The van der Waals surface area contributed by atoms with Crippen LogP contribution in [0.1, 0.15) is 30.6 Å². The van der Waals surface area contributed by atoms with Gasteiger partial charge in [0.25, 0.3) is 5.91 Å². The number of methoxy groups -OCH3 is 1. The topological polar surface area (TPSA) is 107 Å². The van der Waals surface area contributed by atoms with Crippen molar-refractivity contribution in [3.8, 4) is 5.75 Å². The van der Waals surface area contributed by atoms with E-state index in [-0.39, 0.29) is 12.3 Å². The number of hydrogen-bond acceptors (Lipinski definition) is 4. The lowest BCUT2D eigenvalue weighted by atomic mass is 9.99. The molecule has 0 saturated carbocycles. The first-order chi connectivity index (χ1) is 8.75. The zero-order valence-electron chi connectivity index (χ0n) is 11.3. The molecule has 1 aromatic carbocycles. The fraction of sp³-hybridized carbons (Fsp3) is 0.385. The molecular weight excluding hydrogens is 246 g/mol. The van der Waals surface area contributed by atoms with Gasteiger partial charge in [0.05, 0.1) is 12.8 Å². The molecule has 0 saturated heterocycles. The van der Waals surface area contributed by atoms with Gasteiger partial charge < -0.3 is 21.5 Å². The van der Waals surface area contributed by atoms with Gasteiger partial charge in [-0.25, -0.2) is 0 Å². The number of nitrogen functional groups attached to an aromatic ring is 1. The number of rotatable bonds is 5. The highest BCUT2D eigenvalue weighted by Gasteiger charge is 2.23. The van der Waals surface area contributed by atoms with Crippen LogP contribution in [-0.4, -0.2) is 24.5 Å². The Labute approximate surface area is 112 Å². The number of carbonyl (C=O) groups excluding carboxylic acids is 2. The predicted octanol–water partition coefficient (Wildman–Crippen LogP) is 0.661. The number of hydrogen-bond donors (Lipinski definition) is 3. The number of nitrogens with two attached hydrogens (primary N) is 2. The van der Waals surface area contributed by atoms with Crippen LogP contribution < -0.4 is 21.5 Å². The molecule has 5 N–H and O–H groups in total. The van der Waals surface area contributed by atoms with Crippen molar-refractivity contribution in [2.45, 2.75) is 25.8 Å². The van der Waals surface area contributed by atoms with Crippen LogP contribution in [0.25, 0.3) is 0 Å². The SMILES string of the molecule is COc1ccc(C(=O)NC(C)(C)CC(N)=O)cc1N. The molecule has 0 radical (unpaired) electrons. The van der Waals surface area contributed by atoms with Crippen LogP contribution in [-0.2, 0) is 4.79 Å². The Bertz CT molecular complexity index is 498. The quantitative estimate of drug-likeness (QED) is 0.680. The highest BCUT2D eigenvalue weighted by Crippen LogP contribution is 2.22. The third-order valence-corrected chi connectivity index (χ3v) is 2.56. The Balaban J connectivity index is 2.84. The molecule has 6 heteroatoms. The fourth-order valence-electron chi connectivity index (χ4n) is 1.73. The lowest BCUT2D eigenvalue weighted by Gasteiger charge is -2.24. The Morgan fingerprint density at radius 1 is 1.37 bits per heavy atom. The van der Waals surface area contributed by atoms with Crippen molar-refractivity contribution in [2.24, 2.45) is 5.73 Å². The summed E-state index contributed by atoms with van der Waals surface area (Å²) in [4.78, 5) is 22.9. The first kappa shape index (κ1) is 14.8. The molecule has 0 bridgehead atoms. The monoisotopic (exact) mass is 265 g/mol. The van der Waals surface area contributed by atoms with Crippen molar-refractivity contribution in [3.05, 3.63) is 23.8 Å². The summed E-state index contributed by atoms with van der Waals surface area (Å²) in [6, 6.07) is 4.74. The van der Waals surface area contributed by atoms with Crippen LogP contribution in [0, 0.1) is 0 Å². The van der Waals surface area contributed by atoms with Crippen molar-refractivity contribution < 1.29 is 14.3 Å². The number of anilines is 1. The summed E-state index contributed by atoms with van der Waals surface area (Å²) in [5.41, 5.74) is 10.9. The molecular formula is C13H19N3O3. The summed E-state index contributed by atoms with van der Waals surface area (Å²) in [5.74, 6) is -0.284. The van der Waals surface area contributed by atoms with Gasteiger partial charge in [-0.3, -0.25) is 9.59 Å². The van der Waals surface area contributed by atoms with Crippen LogP contribution in [0.2, 0.25) is 0 Å². The van der Waals surface area contributed by atoms with Crippen molar-refractivity contribution in [2.75, 3.05) is 12.8 Å². The molecule has 0 aliphatic carbocycles. The molecule has 0 aliphatic rings. The van der Waals surface area contributed by atoms with Gasteiger partial charge in [0, 0.05) is 17.5 Å².